The second-order valence-electron chi connectivity index (χ2n) is 8.73. The van der Waals surface area contributed by atoms with E-state index in [-0.39, 0.29) is 0 Å². The van der Waals surface area contributed by atoms with E-state index in [1.165, 1.54) is 42.7 Å². The van der Waals surface area contributed by atoms with Crippen LogP contribution in [0.25, 0.3) is 22.1 Å². The van der Waals surface area contributed by atoms with Gasteiger partial charge in [-0.1, -0.05) is 31.4 Å². The number of nitrogens with zero attached hydrogens (tertiary/aromatic N) is 6. The third kappa shape index (κ3) is 4.07. The molecule has 0 N–H and O–H groups in total. The normalized spacial score (nSPS) is 14.7. The van der Waals surface area contributed by atoms with Crippen LogP contribution >= 0.6 is 23.5 Å². The predicted octanol–water partition coefficient (Wildman–Crippen LogP) is 5.11. The van der Waals surface area contributed by atoms with E-state index in [2.05, 4.69) is 29.6 Å². The van der Waals surface area contributed by atoms with E-state index in [1.54, 1.807) is 0 Å². The van der Waals surface area contributed by atoms with Crippen molar-refractivity contribution in [1.82, 2.24) is 27.3 Å². The molecular weight excluding hydrogens is 468 g/mol. The smallest absolute Gasteiger partial charge is 0.299 e. The first-order chi connectivity index (χ1) is 16.8. The van der Waals surface area contributed by atoms with Crippen molar-refractivity contribution in [1.29, 1.82) is 0 Å². The van der Waals surface area contributed by atoms with Crippen molar-refractivity contribution >= 4 is 52.0 Å². The fourth-order valence-corrected chi connectivity index (χ4v) is 5.93. The first-order valence-electron chi connectivity index (χ1n) is 11.4. The van der Waals surface area contributed by atoms with Gasteiger partial charge in [0, 0.05) is 17.9 Å². The molecular formula is C24H22N6O2S2. The molecule has 172 valence electrons. The molecule has 1 saturated carbocycles. The zero-order valence-corrected chi connectivity index (χ0v) is 20.0. The third-order valence-electron chi connectivity index (χ3n) is 6.53. The molecule has 1 aliphatic carbocycles. The standard InChI is InChI=1S/C24H22N6O2S2/c31-14-32-24-18(10-15-6-8-19-21(11-15)28-33-26-19)23(17-4-2-1-3-5-17)25-30(24)13-16-7-9-20-22(12-16)29-34-27-20/h6-9,11-12,14,17H,1-5,10,13H2. The first kappa shape index (κ1) is 21.3. The average Bonchev–Trinajstić information content (AvgIpc) is 3.60. The van der Waals surface area contributed by atoms with Crippen LogP contribution < -0.4 is 4.74 Å². The lowest BCUT2D eigenvalue weighted by Gasteiger charge is -2.21. The summed E-state index contributed by atoms with van der Waals surface area (Å²) in [6.45, 7) is 0.994. The van der Waals surface area contributed by atoms with Crippen LogP contribution in [-0.4, -0.2) is 33.7 Å². The number of aromatic nitrogens is 6. The van der Waals surface area contributed by atoms with Crippen molar-refractivity contribution in [2.24, 2.45) is 0 Å². The van der Waals surface area contributed by atoms with Crippen LogP contribution in [0.1, 0.15) is 60.4 Å². The van der Waals surface area contributed by atoms with Crippen LogP contribution in [0.5, 0.6) is 5.88 Å². The Morgan fingerprint density at radius 1 is 0.882 bits per heavy atom. The van der Waals surface area contributed by atoms with Gasteiger partial charge in [-0.15, -0.1) is 0 Å². The topological polar surface area (TPSA) is 95.7 Å². The van der Waals surface area contributed by atoms with Crippen molar-refractivity contribution in [3.05, 3.63) is 58.8 Å². The van der Waals surface area contributed by atoms with Crippen LogP contribution in [0.2, 0.25) is 0 Å². The quantitative estimate of drug-likeness (QED) is 0.292. The molecule has 0 aliphatic heterocycles. The molecule has 0 bridgehead atoms. The van der Waals surface area contributed by atoms with Crippen molar-refractivity contribution < 1.29 is 9.53 Å². The third-order valence-corrected chi connectivity index (χ3v) is 7.64. The highest BCUT2D eigenvalue weighted by molar-refractivity contribution is 7.00. The van der Waals surface area contributed by atoms with E-state index in [1.807, 2.05) is 28.9 Å². The van der Waals surface area contributed by atoms with E-state index < -0.39 is 0 Å². The summed E-state index contributed by atoms with van der Waals surface area (Å²) < 4.78 is 24.8. The van der Waals surface area contributed by atoms with Crippen LogP contribution in [0.15, 0.2) is 36.4 Å². The Bertz CT molecular complexity index is 1470. The van der Waals surface area contributed by atoms with Gasteiger partial charge in [0.25, 0.3) is 6.47 Å². The van der Waals surface area contributed by atoms with Gasteiger partial charge in [-0.2, -0.15) is 22.6 Å². The highest BCUT2D eigenvalue weighted by atomic mass is 32.1. The predicted molar refractivity (Wildman–Crippen MR) is 131 cm³/mol. The Morgan fingerprint density at radius 2 is 1.53 bits per heavy atom. The molecule has 1 fully saturated rings. The molecule has 1 aliphatic rings. The van der Waals surface area contributed by atoms with Gasteiger partial charge in [0.1, 0.15) is 22.1 Å². The van der Waals surface area contributed by atoms with Crippen LogP contribution in [0.3, 0.4) is 0 Å². The van der Waals surface area contributed by atoms with Gasteiger partial charge in [0.15, 0.2) is 0 Å². The largest absolute Gasteiger partial charge is 0.410 e. The van der Waals surface area contributed by atoms with E-state index in [4.69, 9.17) is 9.84 Å². The van der Waals surface area contributed by atoms with Gasteiger partial charge >= 0.3 is 0 Å². The van der Waals surface area contributed by atoms with Gasteiger partial charge in [0.05, 0.1) is 35.7 Å². The summed E-state index contributed by atoms with van der Waals surface area (Å²) in [5, 5.41) is 5.04. The molecule has 2 aromatic carbocycles. The number of hydrogen-bond acceptors (Lipinski definition) is 9. The second-order valence-corrected chi connectivity index (χ2v) is 9.78. The van der Waals surface area contributed by atoms with Crippen molar-refractivity contribution in [3.63, 3.8) is 0 Å². The Hall–Kier alpha value is -3.24. The van der Waals surface area contributed by atoms with Gasteiger partial charge in [-0.3, -0.25) is 4.79 Å². The van der Waals surface area contributed by atoms with Crippen molar-refractivity contribution in [3.8, 4) is 5.88 Å². The number of benzene rings is 2. The maximum atomic E-state index is 11.6. The van der Waals surface area contributed by atoms with Crippen molar-refractivity contribution in [2.45, 2.75) is 51.0 Å². The molecule has 10 heteroatoms. The van der Waals surface area contributed by atoms with Crippen LogP contribution in [0, 0.1) is 0 Å². The minimum Gasteiger partial charge on any atom is -0.410 e. The van der Waals surface area contributed by atoms with Crippen molar-refractivity contribution in [2.75, 3.05) is 0 Å². The number of carbonyl (C=O) groups is 1. The zero-order chi connectivity index (χ0) is 22.9. The molecule has 0 spiro atoms. The summed E-state index contributed by atoms with van der Waals surface area (Å²) in [5.74, 6) is 0.887. The molecule has 3 heterocycles. The molecule has 5 aromatic rings. The molecule has 6 rings (SSSR count). The highest BCUT2D eigenvalue weighted by Crippen LogP contribution is 2.38. The Morgan fingerprint density at radius 3 is 2.24 bits per heavy atom. The van der Waals surface area contributed by atoms with E-state index in [0.29, 0.717) is 31.2 Å². The van der Waals surface area contributed by atoms with E-state index >= 15 is 0 Å². The summed E-state index contributed by atoms with van der Waals surface area (Å²) in [5.41, 5.74) is 7.70. The molecule has 0 unspecified atom stereocenters. The monoisotopic (exact) mass is 490 g/mol. The summed E-state index contributed by atoms with van der Waals surface area (Å²) in [6.07, 6.45) is 6.50. The molecule has 0 saturated heterocycles. The van der Waals surface area contributed by atoms with Gasteiger partial charge in [0.2, 0.25) is 5.88 Å². The molecule has 0 atom stereocenters. The highest BCUT2D eigenvalue weighted by Gasteiger charge is 2.27. The number of carbonyl (C=O) groups excluding carboxylic acids is 1. The Kier molecular flexibility index (Phi) is 5.76. The lowest BCUT2D eigenvalue weighted by molar-refractivity contribution is -0.121. The number of fused-ring (bicyclic) bond motifs is 2. The van der Waals surface area contributed by atoms with Gasteiger partial charge in [-0.25, -0.2) is 4.68 Å². The number of ether oxygens (including phenoxy) is 1. The van der Waals surface area contributed by atoms with Gasteiger partial charge < -0.3 is 4.74 Å². The fourth-order valence-electron chi connectivity index (χ4n) is 4.90. The minimum atomic E-state index is 0.369. The lowest BCUT2D eigenvalue weighted by atomic mass is 9.84. The van der Waals surface area contributed by atoms with E-state index in [0.717, 1.165) is 57.3 Å². The first-order valence-corrected chi connectivity index (χ1v) is 12.9. The van der Waals surface area contributed by atoms with Crippen LogP contribution in [-0.2, 0) is 17.8 Å². The second kappa shape index (κ2) is 9.19. The maximum Gasteiger partial charge on any atom is 0.299 e. The minimum absolute atomic E-state index is 0.369. The average molecular weight is 491 g/mol. The molecule has 3 aromatic heterocycles. The van der Waals surface area contributed by atoms with Crippen LogP contribution in [0.4, 0.5) is 0 Å². The van der Waals surface area contributed by atoms with Gasteiger partial charge in [-0.05, 0) is 48.2 Å². The summed E-state index contributed by atoms with van der Waals surface area (Å²) in [4.78, 5) is 11.6. The molecule has 8 nitrogen and oxygen atoms in total. The van der Waals surface area contributed by atoms with E-state index in [9.17, 15) is 4.79 Å². The Labute approximate surface area is 204 Å². The number of hydrogen-bond donors (Lipinski definition) is 0. The SMILES string of the molecule is O=COc1c(Cc2ccc3nsnc3c2)c(C2CCCCC2)nn1Cc1ccc2nsnc2c1. The lowest BCUT2D eigenvalue weighted by Crippen LogP contribution is -2.09. The molecule has 34 heavy (non-hydrogen) atoms. The summed E-state index contributed by atoms with van der Waals surface area (Å²) in [6, 6.07) is 12.1. The Balaban J connectivity index is 1.42. The number of rotatable bonds is 7. The maximum absolute atomic E-state index is 11.6. The summed E-state index contributed by atoms with van der Waals surface area (Å²) >= 11 is 2.42. The molecule has 0 amide bonds. The summed E-state index contributed by atoms with van der Waals surface area (Å²) in [7, 11) is 0. The molecule has 0 radical (unpaired) electrons. The fraction of sp³-hybridized carbons (Fsp3) is 0.333. The zero-order valence-electron chi connectivity index (χ0n) is 18.4.